The molecule has 2 N–H and O–H groups in total. The predicted octanol–water partition coefficient (Wildman–Crippen LogP) is 0.975. The highest BCUT2D eigenvalue weighted by Gasteiger charge is 2.14. The smallest absolute Gasteiger partial charge is 0.220 e. The summed E-state index contributed by atoms with van der Waals surface area (Å²) in [5.74, 6) is 0.186. The lowest BCUT2D eigenvalue weighted by Crippen LogP contribution is -2.39. The standard InChI is InChI=1S/C13H27N3O/c1-11(16(2)3)10-15-13(17)8-7-12-6-4-5-9-14-12/h11-12,14H,4-10H2,1-3H3,(H,15,17). The average molecular weight is 241 g/mol. The van der Waals surface area contributed by atoms with Crippen molar-refractivity contribution in [1.29, 1.82) is 0 Å². The summed E-state index contributed by atoms with van der Waals surface area (Å²) < 4.78 is 0. The molecule has 0 spiro atoms. The SMILES string of the molecule is CC(CNC(=O)CCC1CCCCN1)N(C)C. The molecule has 1 amide bonds. The van der Waals surface area contributed by atoms with Crippen molar-refractivity contribution in [3.63, 3.8) is 0 Å². The van der Waals surface area contributed by atoms with Gasteiger partial charge in [0.15, 0.2) is 0 Å². The first-order valence-electron chi connectivity index (χ1n) is 6.76. The van der Waals surface area contributed by atoms with Gasteiger partial charge in [-0.2, -0.15) is 0 Å². The molecule has 1 heterocycles. The molecule has 2 unspecified atom stereocenters. The van der Waals surface area contributed by atoms with Crippen LogP contribution in [0.5, 0.6) is 0 Å². The van der Waals surface area contributed by atoms with Crippen molar-refractivity contribution in [2.75, 3.05) is 27.2 Å². The molecule has 2 atom stereocenters. The Balaban J connectivity index is 2.08. The lowest BCUT2D eigenvalue weighted by atomic mass is 10.0. The molecule has 0 aliphatic carbocycles. The van der Waals surface area contributed by atoms with Crippen molar-refractivity contribution in [2.45, 2.75) is 51.1 Å². The third-order valence-corrected chi connectivity index (χ3v) is 3.61. The van der Waals surface area contributed by atoms with Gasteiger partial charge in [-0.1, -0.05) is 6.42 Å². The van der Waals surface area contributed by atoms with Crippen LogP contribution in [0.2, 0.25) is 0 Å². The third kappa shape index (κ3) is 6.03. The fraction of sp³-hybridized carbons (Fsp3) is 0.923. The molecule has 1 aliphatic heterocycles. The van der Waals surface area contributed by atoms with Gasteiger partial charge < -0.3 is 15.5 Å². The highest BCUT2D eigenvalue weighted by molar-refractivity contribution is 5.75. The first-order valence-corrected chi connectivity index (χ1v) is 6.76. The molecular weight excluding hydrogens is 214 g/mol. The van der Waals surface area contributed by atoms with Gasteiger partial charge in [0.2, 0.25) is 5.91 Å². The van der Waals surface area contributed by atoms with Crippen LogP contribution in [0.15, 0.2) is 0 Å². The second-order valence-electron chi connectivity index (χ2n) is 5.30. The lowest BCUT2D eigenvalue weighted by molar-refractivity contribution is -0.121. The number of hydrogen-bond donors (Lipinski definition) is 2. The van der Waals surface area contributed by atoms with E-state index >= 15 is 0 Å². The summed E-state index contributed by atoms with van der Waals surface area (Å²) in [6, 6.07) is 0.951. The van der Waals surface area contributed by atoms with E-state index in [1.54, 1.807) is 0 Å². The Hall–Kier alpha value is -0.610. The van der Waals surface area contributed by atoms with Crippen LogP contribution in [-0.4, -0.2) is 50.1 Å². The third-order valence-electron chi connectivity index (χ3n) is 3.61. The summed E-state index contributed by atoms with van der Waals surface area (Å²) in [4.78, 5) is 13.8. The number of carbonyl (C=O) groups is 1. The van der Waals surface area contributed by atoms with Gasteiger partial charge in [-0.25, -0.2) is 0 Å². The van der Waals surface area contributed by atoms with E-state index in [0.29, 0.717) is 18.5 Å². The number of nitrogens with zero attached hydrogens (tertiary/aromatic N) is 1. The first kappa shape index (κ1) is 14.5. The summed E-state index contributed by atoms with van der Waals surface area (Å²) in [6.45, 7) is 3.97. The molecule has 1 rings (SSSR count). The number of amides is 1. The van der Waals surface area contributed by atoms with Crippen molar-refractivity contribution in [2.24, 2.45) is 0 Å². The molecule has 4 heteroatoms. The van der Waals surface area contributed by atoms with Crippen LogP contribution in [0.4, 0.5) is 0 Å². The molecule has 1 saturated heterocycles. The van der Waals surface area contributed by atoms with Gasteiger partial charge in [-0.3, -0.25) is 4.79 Å². The molecule has 0 saturated carbocycles. The van der Waals surface area contributed by atoms with Crippen LogP contribution in [0.1, 0.15) is 39.0 Å². The maximum Gasteiger partial charge on any atom is 0.220 e. The fourth-order valence-corrected chi connectivity index (χ4v) is 2.01. The van der Waals surface area contributed by atoms with Gasteiger partial charge in [0.05, 0.1) is 0 Å². The minimum atomic E-state index is 0.186. The highest BCUT2D eigenvalue weighted by atomic mass is 16.1. The van der Waals surface area contributed by atoms with Crippen LogP contribution in [0, 0.1) is 0 Å². The molecule has 0 bridgehead atoms. The molecule has 0 aromatic carbocycles. The summed E-state index contributed by atoms with van der Waals surface area (Å²) in [6.07, 6.45) is 5.43. The van der Waals surface area contributed by atoms with Gasteiger partial charge in [0, 0.05) is 25.0 Å². The number of hydrogen-bond acceptors (Lipinski definition) is 3. The van der Waals surface area contributed by atoms with Crippen molar-refractivity contribution >= 4 is 5.91 Å². The molecule has 0 radical (unpaired) electrons. The Labute approximate surface area is 105 Å². The molecular formula is C13H27N3O. The molecule has 4 nitrogen and oxygen atoms in total. The molecule has 1 fully saturated rings. The van der Waals surface area contributed by atoms with Gasteiger partial charge in [-0.15, -0.1) is 0 Å². The highest BCUT2D eigenvalue weighted by Crippen LogP contribution is 2.11. The normalized spacial score (nSPS) is 22.5. The Morgan fingerprint density at radius 1 is 1.47 bits per heavy atom. The Kier molecular flexibility index (Phi) is 6.52. The quantitative estimate of drug-likeness (QED) is 0.728. The molecule has 1 aliphatic rings. The Morgan fingerprint density at radius 3 is 2.82 bits per heavy atom. The van der Waals surface area contributed by atoms with E-state index in [0.717, 1.165) is 19.5 Å². The summed E-state index contributed by atoms with van der Waals surface area (Å²) >= 11 is 0. The topological polar surface area (TPSA) is 44.4 Å². The number of carbonyl (C=O) groups excluding carboxylic acids is 1. The number of piperidine rings is 1. The van der Waals surface area contributed by atoms with Crippen molar-refractivity contribution in [3.8, 4) is 0 Å². The largest absolute Gasteiger partial charge is 0.355 e. The van der Waals surface area contributed by atoms with Crippen LogP contribution >= 0.6 is 0 Å². The second kappa shape index (κ2) is 7.67. The monoisotopic (exact) mass is 241 g/mol. The minimum absolute atomic E-state index is 0.186. The van der Waals surface area contributed by atoms with E-state index in [-0.39, 0.29) is 5.91 Å². The van der Waals surface area contributed by atoms with E-state index < -0.39 is 0 Å². The molecule has 0 aromatic rings. The molecule has 0 aromatic heterocycles. The number of nitrogens with one attached hydrogen (secondary N) is 2. The summed E-state index contributed by atoms with van der Waals surface area (Å²) in [7, 11) is 4.06. The van der Waals surface area contributed by atoms with Crippen LogP contribution in [0.3, 0.4) is 0 Å². The predicted molar refractivity (Wildman–Crippen MR) is 71.0 cm³/mol. The van der Waals surface area contributed by atoms with Crippen molar-refractivity contribution < 1.29 is 4.79 Å². The minimum Gasteiger partial charge on any atom is -0.355 e. The van der Waals surface area contributed by atoms with Gasteiger partial charge in [0.25, 0.3) is 0 Å². The number of likely N-dealkylation sites (N-methyl/N-ethyl adjacent to an activating group) is 1. The van der Waals surface area contributed by atoms with Gasteiger partial charge in [0.1, 0.15) is 0 Å². The zero-order chi connectivity index (χ0) is 12.7. The maximum atomic E-state index is 11.7. The second-order valence-corrected chi connectivity index (χ2v) is 5.30. The van der Waals surface area contributed by atoms with Crippen LogP contribution in [0.25, 0.3) is 0 Å². The first-order chi connectivity index (χ1) is 8.09. The maximum absolute atomic E-state index is 11.7. The summed E-state index contributed by atoms with van der Waals surface area (Å²) in [5.41, 5.74) is 0. The van der Waals surface area contributed by atoms with Crippen molar-refractivity contribution in [1.82, 2.24) is 15.5 Å². The fourth-order valence-electron chi connectivity index (χ4n) is 2.01. The zero-order valence-electron chi connectivity index (χ0n) is 11.5. The van der Waals surface area contributed by atoms with Crippen molar-refractivity contribution in [3.05, 3.63) is 0 Å². The van der Waals surface area contributed by atoms with Gasteiger partial charge >= 0.3 is 0 Å². The molecule has 17 heavy (non-hydrogen) atoms. The van der Waals surface area contributed by atoms with Gasteiger partial charge in [-0.05, 0) is 46.8 Å². The Morgan fingerprint density at radius 2 is 2.24 bits per heavy atom. The van der Waals surface area contributed by atoms with E-state index in [1.807, 2.05) is 14.1 Å². The number of rotatable bonds is 6. The van der Waals surface area contributed by atoms with Crippen LogP contribution in [-0.2, 0) is 4.79 Å². The van der Waals surface area contributed by atoms with E-state index in [1.165, 1.54) is 19.3 Å². The van der Waals surface area contributed by atoms with E-state index in [4.69, 9.17) is 0 Å². The van der Waals surface area contributed by atoms with E-state index in [9.17, 15) is 4.79 Å². The Bertz CT molecular complexity index is 225. The lowest BCUT2D eigenvalue weighted by Gasteiger charge is -2.23. The zero-order valence-corrected chi connectivity index (χ0v) is 11.5. The van der Waals surface area contributed by atoms with E-state index in [2.05, 4.69) is 22.5 Å². The average Bonchev–Trinajstić information content (AvgIpc) is 2.34. The van der Waals surface area contributed by atoms with Crippen LogP contribution < -0.4 is 10.6 Å². The molecule has 100 valence electrons. The summed E-state index contributed by atoms with van der Waals surface area (Å²) in [5, 5.41) is 6.46.